The highest BCUT2D eigenvalue weighted by atomic mass is 127. The summed E-state index contributed by atoms with van der Waals surface area (Å²) in [4.78, 5) is 12.5. The van der Waals surface area contributed by atoms with E-state index in [1.54, 1.807) is 11.3 Å². The molecule has 2 heterocycles. The number of aliphatic imine (C=N–C) groups is 1. The Morgan fingerprint density at radius 2 is 2.11 bits per heavy atom. The summed E-state index contributed by atoms with van der Waals surface area (Å²) >= 11 is 1.69. The SMILES string of the molecule is CN=C(NCc1scnc1C)NC1CCN(Cc2ccccc2)C(C)C1.I. The minimum atomic E-state index is 0. The van der Waals surface area contributed by atoms with Crippen LogP contribution < -0.4 is 10.6 Å². The standard InChI is InChI=1S/C20H29N5S.HI/c1-15-11-18(9-10-25(15)13-17-7-5-4-6-8-17)24-20(21-3)22-12-19-16(2)23-14-26-19;/h4-8,14-15,18H,9-13H2,1-3H3,(H2,21,22,24);1H. The molecule has 1 saturated heterocycles. The van der Waals surface area contributed by atoms with Crippen molar-refractivity contribution < 1.29 is 0 Å². The van der Waals surface area contributed by atoms with Crippen molar-refractivity contribution in [1.82, 2.24) is 20.5 Å². The average Bonchev–Trinajstić information content (AvgIpc) is 3.06. The van der Waals surface area contributed by atoms with Crippen molar-refractivity contribution in [3.05, 3.63) is 52.0 Å². The Morgan fingerprint density at radius 1 is 1.33 bits per heavy atom. The molecule has 1 fully saturated rings. The second-order valence-corrected chi connectivity index (χ2v) is 7.90. The summed E-state index contributed by atoms with van der Waals surface area (Å²) in [6.07, 6.45) is 2.27. The Bertz CT molecular complexity index is 718. The topological polar surface area (TPSA) is 52.6 Å². The van der Waals surface area contributed by atoms with E-state index in [0.717, 1.165) is 44.1 Å². The Kier molecular flexibility index (Phi) is 8.98. The Morgan fingerprint density at radius 3 is 2.74 bits per heavy atom. The van der Waals surface area contributed by atoms with Crippen molar-refractivity contribution in [2.75, 3.05) is 13.6 Å². The molecule has 1 aromatic carbocycles. The third kappa shape index (κ3) is 6.43. The lowest BCUT2D eigenvalue weighted by atomic mass is 9.97. The summed E-state index contributed by atoms with van der Waals surface area (Å²) in [7, 11) is 1.84. The number of aromatic nitrogens is 1. The zero-order valence-electron chi connectivity index (χ0n) is 16.3. The number of guanidine groups is 1. The van der Waals surface area contributed by atoms with E-state index < -0.39 is 0 Å². The molecule has 1 aromatic heterocycles. The number of likely N-dealkylation sites (tertiary alicyclic amines) is 1. The Labute approximate surface area is 183 Å². The summed E-state index contributed by atoms with van der Waals surface area (Å²) in [5, 5.41) is 7.02. The van der Waals surface area contributed by atoms with E-state index in [4.69, 9.17) is 0 Å². The van der Waals surface area contributed by atoms with E-state index in [1.807, 2.05) is 19.5 Å². The first kappa shape index (κ1) is 22.1. The molecule has 1 aliphatic rings. The highest BCUT2D eigenvalue weighted by molar-refractivity contribution is 14.0. The van der Waals surface area contributed by atoms with E-state index in [9.17, 15) is 0 Å². The molecule has 0 spiro atoms. The zero-order chi connectivity index (χ0) is 18.4. The molecule has 27 heavy (non-hydrogen) atoms. The van der Waals surface area contributed by atoms with E-state index >= 15 is 0 Å². The van der Waals surface area contributed by atoms with Gasteiger partial charge < -0.3 is 10.6 Å². The second-order valence-electron chi connectivity index (χ2n) is 6.96. The lowest BCUT2D eigenvalue weighted by Crippen LogP contribution is -2.51. The summed E-state index contributed by atoms with van der Waals surface area (Å²) < 4.78 is 0. The van der Waals surface area contributed by atoms with Crippen molar-refractivity contribution >= 4 is 41.3 Å². The van der Waals surface area contributed by atoms with E-state index in [0.29, 0.717) is 12.1 Å². The molecule has 0 bridgehead atoms. The first-order valence-electron chi connectivity index (χ1n) is 9.30. The van der Waals surface area contributed by atoms with Crippen LogP contribution >= 0.6 is 35.3 Å². The Balaban J connectivity index is 0.00000261. The van der Waals surface area contributed by atoms with E-state index in [-0.39, 0.29) is 24.0 Å². The fourth-order valence-corrected chi connectivity index (χ4v) is 4.17. The number of piperidine rings is 1. The predicted molar refractivity (Wildman–Crippen MR) is 125 cm³/mol. The molecule has 148 valence electrons. The van der Waals surface area contributed by atoms with Gasteiger partial charge in [-0.3, -0.25) is 9.89 Å². The monoisotopic (exact) mass is 499 g/mol. The number of rotatable bonds is 5. The molecule has 7 heteroatoms. The lowest BCUT2D eigenvalue weighted by molar-refractivity contribution is 0.134. The van der Waals surface area contributed by atoms with Crippen LogP contribution in [0.2, 0.25) is 0 Å². The first-order chi connectivity index (χ1) is 12.7. The van der Waals surface area contributed by atoms with Crippen LogP contribution in [-0.4, -0.2) is 41.5 Å². The highest BCUT2D eigenvalue weighted by Crippen LogP contribution is 2.20. The molecule has 0 saturated carbocycles. The van der Waals surface area contributed by atoms with Crippen LogP contribution in [0.15, 0.2) is 40.8 Å². The summed E-state index contributed by atoms with van der Waals surface area (Å²) in [5.41, 5.74) is 4.39. The zero-order valence-corrected chi connectivity index (χ0v) is 19.5. The lowest BCUT2D eigenvalue weighted by Gasteiger charge is -2.38. The average molecular weight is 499 g/mol. The van der Waals surface area contributed by atoms with Gasteiger partial charge in [0.2, 0.25) is 0 Å². The molecular weight excluding hydrogens is 469 g/mol. The summed E-state index contributed by atoms with van der Waals surface area (Å²) in [6.45, 7) is 7.30. The van der Waals surface area contributed by atoms with Gasteiger partial charge in [0.15, 0.2) is 5.96 Å². The number of thiazole rings is 1. The molecule has 1 aliphatic heterocycles. The maximum absolute atomic E-state index is 4.39. The van der Waals surface area contributed by atoms with Crippen LogP contribution in [0, 0.1) is 6.92 Å². The van der Waals surface area contributed by atoms with Crippen LogP contribution in [0.25, 0.3) is 0 Å². The van der Waals surface area contributed by atoms with Gasteiger partial charge in [-0.25, -0.2) is 4.98 Å². The van der Waals surface area contributed by atoms with Crippen molar-refractivity contribution in [2.24, 2.45) is 4.99 Å². The number of aryl methyl sites for hydroxylation is 1. The predicted octanol–water partition coefficient (Wildman–Crippen LogP) is 3.79. The minimum Gasteiger partial charge on any atom is -0.354 e. The number of halogens is 1. The Hall–Kier alpha value is -1.19. The van der Waals surface area contributed by atoms with Crippen LogP contribution in [0.3, 0.4) is 0 Å². The fourth-order valence-electron chi connectivity index (χ4n) is 3.45. The third-order valence-electron chi connectivity index (χ3n) is 5.07. The molecule has 2 aromatic rings. The largest absolute Gasteiger partial charge is 0.354 e. The third-order valence-corrected chi connectivity index (χ3v) is 6.00. The molecule has 5 nitrogen and oxygen atoms in total. The van der Waals surface area contributed by atoms with Gasteiger partial charge in [0.25, 0.3) is 0 Å². The van der Waals surface area contributed by atoms with Crippen LogP contribution in [-0.2, 0) is 13.1 Å². The molecule has 2 N–H and O–H groups in total. The van der Waals surface area contributed by atoms with Gasteiger partial charge in [-0.15, -0.1) is 35.3 Å². The van der Waals surface area contributed by atoms with Crippen LogP contribution in [0.1, 0.15) is 35.9 Å². The van der Waals surface area contributed by atoms with Gasteiger partial charge in [0, 0.05) is 37.1 Å². The van der Waals surface area contributed by atoms with Gasteiger partial charge in [0.1, 0.15) is 0 Å². The maximum Gasteiger partial charge on any atom is 0.191 e. The van der Waals surface area contributed by atoms with Gasteiger partial charge >= 0.3 is 0 Å². The van der Waals surface area contributed by atoms with Crippen molar-refractivity contribution in [2.45, 2.75) is 51.9 Å². The number of hydrogen-bond acceptors (Lipinski definition) is 4. The summed E-state index contributed by atoms with van der Waals surface area (Å²) in [6, 6.07) is 11.8. The van der Waals surface area contributed by atoms with Crippen LogP contribution in [0.4, 0.5) is 0 Å². The smallest absolute Gasteiger partial charge is 0.191 e. The van der Waals surface area contributed by atoms with Crippen LogP contribution in [0.5, 0.6) is 0 Å². The highest BCUT2D eigenvalue weighted by Gasteiger charge is 2.25. The van der Waals surface area contributed by atoms with Gasteiger partial charge in [-0.1, -0.05) is 30.3 Å². The molecule has 3 rings (SSSR count). The first-order valence-corrected chi connectivity index (χ1v) is 10.2. The molecule has 0 amide bonds. The normalized spacial score (nSPS) is 20.8. The fraction of sp³-hybridized carbons (Fsp3) is 0.500. The molecule has 2 unspecified atom stereocenters. The van der Waals surface area contributed by atoms with Crippen molar-refractivity contribution in [1.29, 1.82) is 0 Å². The second kappa shape index (κ2) is 11.0. The maximum atomic E-state index is 4.39. The molecule has 2 atom stereocenters. The molecule has 0 aliphatic carbocycles. The van der Waals surface area contributed by atoms with Gasteiger partial charge in [-0.05, 0) is 32.3 Å². The van der Waals surface area contributed by atoms with Crippen molar-refractivity contribution in [3.8, 4) is 0 Å². The van der Waals surface area contributed by atoms with E-state index in [2.05, 4.69) is 62.8 Å². The van der Waals surface area contributed by atoms with Gasteiger partial charge in [-0.2, -0.15) is 0 Å². The quantitative estimate of drug-likeness (QED) is 0.374. The molecule has 0 radical (unpaired) electrons. The number of benzene rings is 1. The number of hydrogen-bond donors (Lipinski definition) is 2. The minimum absolute atomic E-state index is 0. The number of nitrogens with one attached hydrogen (secondary N) is 2. The number of nitrogens with zero attached hydrogens (tertiary/aromatic N) is 3. The van der Waals surface area contributed by atoms with Gasteiger partial charge in [0.05, 0.1) is 17.7 Å². The van der Waals surface area contributed by atoms with Crippen molar-refractivity contribution in [3.63, 3.8) is 0 Å². The summed E-state index contributed by atoms with van der Waals surface area (Å²) in [5.74, 6) is 0.881. The molecular formula is C20H30IN5S. The van der Waals surface area contributed by atoms with E-state index in [1.165, 1.54) is 10.4 Å².